The molecule has 0 spiro atoms. The van der Waals surface area contributed by atoms with Crippen molar-refractivity contribution in [3.05, 3.63) is 71.0 Å². The third-order valence-electron chi connectivity index (χ3n) is 5.09. The molecule has 1 fully saturated rings. The van der Waals surface area contributed by atoms with Gasteiger partial charge in [0.1, 0.15) is 5.82 Å². The summed E-state index contributed by atoms with van der Waals surface area (Å²) in [6, 6.07) is 16.1. The van der Waals surface area contributed by atoms with Crippen molar-refractivity contribution < 1.29 is 4.39 Å². The van der Waals surface area contributed by atoms with Crippen LogP contribution < -0.4 is 10.6 Å². The van der Waals surface area contributed by atoms with Crippen molar-refractivity contribution in [3.8, 4) is 0 Å². The van der Waals surface area contributed by atoms with Crippen molar-refractivity contribution in [2.24, 2.45) is 0 Å². The highest BCUT2D eigenvalue weighted by Crippen LogP contribution is 2.25. The summed E-state index contributed by atoms with van der Waals surface area (Å²) in [5, 5.41) is 6.89. The molecule has 2 aromatic carbocycles. The summed E-state index contributed by atoms with van der Waals surface area (Å²) < 4.78 is 13.1. The maximum atomic E-state index is 13.1. The van der Waals surface area contributed by atoms with E-state index in [9.17, 15) is 4.39 Å². The zero-order chi connectivity index (χ0) is 17.3. The Balaban J connectivity index is 1.32. The zero-order valence-corrected chi connectivity index (χ0v) is 14.9. The molecule has 0 aliphatic carbocycles. The van der Waals surface area contributed by atoms with E-state index in [-0.39, 0.29) is 5.82 Å². The van der Waals surface area contributed by atoms with E-state index in [0.717, 1.165) is 56.9 Å². The second-order valence-electron chi connectivity index (χ2n) is 7.00. The fourth-order valence-corrected chi connectivity index (χ4v) is 3.58. The summed E-state index contributed by atoms with van der Waals surface area (Å²) in [4.78, 5) is 0. The first-order chi connectivity index (χ1) is 12.3. The lowest BCUT2D eigenvalue weighted by Gasteiger charge is -2.23. The van der Waals surface area contributed by atoms with Gasteiger partial charge in [0.15, 0.2) is 0 Å². The summed E-state index contributed by atoms with van der Waals surface area (Å²) in [6.45, 7) is 4.20. The minimum atomic E-state index is -0.148. The summed E-state index contributed by atoms with van der Waals surface area (Å²) >= 11 is 0. The Morgan fingerprint density at radius 1 is 0.920 bits per heavy atom. The molecule has 2 N–H and O–H groups in total. The smallest absolute Gasteiger partial charge is 0.123 e. The third kappa shape index (κ3) is 5.94. The summed E-state index contributed by atoms with van der Waals surface area (Å²) in [7, 11) is 0. The molecule has 2 nitrogen and oxygen atoms in total. The first-order valence-corrected chi connectivity index (χ1v) is 9.56. The van der Waals surface area contributed by atoms with Crippen LogP contribution in [0.25, 0.3) is 0 Å². The van der Waals surface area contributed by atoms with Gasteiger partial charge in [-0.25, -0.2) is 4.39 Å². The summed E-state index contributed by atoms with van der Waals surface area (Å²) in [5.41, 5.74) is 3.98. The first-order valence-electron chi connectivity index (χ1n) is 9.56. The predicted octanol–water partition coefficient (Wildman–Crippen LogP) is 4.06. The van der Waals surface area contributed by atoms with E-state index < -0.39 is 0 Å². The van der Waals surface area contributed by atoms with Crippen molar-refractivity contribution in [3.63, 3.8) is 0 Å². The van der Waals surface area contributed by atoms with Crippen LogP contribution in [0.15, 0.2) is 48.5 Å². The SMILES string of the molecule is Fc1cccc(CCNCCCc2ccc(C3CCNCC3)cc2)c1. The van der Waals surface area contributed by atoms with Crippen LogP contribution in [-0.4, -0.2) is 26.2 Å². The number of benzene rings is 2. The fourth-order valence-electron chi connectivity index (χ4n) is 3.58. The van der Waals surface area contributed by atoms with Crippen molar-refractivity contribution in [1.82, 2.24) is 10.6 Å². The van der Waals surface area contributed by atoms with Crippen molar-refractivity contribution in [2.45, 2.75) is 38.0 Å². The minimum absolute atomic E-state index is 0.148. The standard InChI is InChI=1S/C22H29FN2/c23-22-5-1-3-19(17-22)10-14-24-13-2-4-18-6-8-20(9-7-18)21-11-15-25-16-12-21/h1,3,5-9,17,21,24-25H,2,4,10-16H2. The Morgan fingerprint density at radius 3 is 2.48 bits per heavy atom. The molecular formula is C22H29FN2. The Morgan fingerprint density at radius 2 is 1.72 bits per heavy atom. The highest BCUT2D eigenvalue weighted by molar-refractivity contribution is 5.26. The van der Waals surface area contributed by atoms with Gasteiger partial charge in [-0.3, -0.25) is 0 Å². The van der Waals surface area contributed by atoms with Crippen molar-refractivity contribution in [2.75, 3.05) is 26.2 Å². The number of hydrogen-bond donors (Lipinski definition) is 2. The Hall–Kier alpha value is -1.71. The van der Waals surface area contributed by atoms with E-state index in [2.05, 4.69) is 34.9 Å². The fraction of sp³-hybridized carbons (Fsp3) is 0.455. The Bertz CT molecular complexity index is 633. The van der Waals surface area contributed by atoms with Crippen LogP contribution in [0.1, 0.15) is 41.9 Å². The van der Waals surface area contributed by atoms with Gasteiger partial charge in [0.2, 0.25) is 0 Å². The molecule has 1 aliphatic heterocycles. The quantitative estimate of drug-likeness (QED) is 0.708. The van der Waals surface area contributed by atoms with E-state index >= 15 is 0 Å². The molecule has 0 saturated carbocycles. The number of rotatable bonds is 8. The van der Waals surface area contributed by atoms with Gasteiger partial charge in [-0.1, -0.05) is 36.4 Å². The van der Waals surface area contributed by atoms with E-state index in [1.54, 1.807) is 12.1 Å². The van der Waals surface area contributed by atoms with Crippen LogP contribution in [0.3, 0.4) is 0 Å². The van der Waals surface area contributed by atoms with Crippen LogP contribution in [0.2, 0.25) is 0 Å². The number of aryl methyl sites for hydroxylation is 1. The van der Waals surface area contributed by atoms with E-state index in [4.69, 9.17) is 0 Å². The molecule has 3 heteroatoms. The lowest BCUT2D eigenvalue weighted by molar-refractivity contribution is 0.460. The van der Waals surface area contributed by atoms with Gasteiger partial charge < -0.3 is 10.6 Å². The van der Waals surface area contributed by atoms with Crippen molar-refractivity contribution >= 4 is 0 Å². The van der Waals surface area contributed by atoms with Gasteiger partial charge in [0, 0.05) is 0 Å². The molecule has 0 radical (unpaired) electrons. The average Bonchev–Trinajstić information content (AvgIpc) is 2.66. The normalized spacial score (nSPS) is 15.4. The van der Waals surface area contributed by atoms with Gasteiger partial charge in [-0.2, -0.15) is 0 Å². The van der Waals surface area contributed by atoms with Crippen LogP contribution in [-0.2, 0) is 12.8 Å². The first kappa shape index (κ1) is 18.1. The molecule has 1 aliphatic rings. The molecule has 134 valence electrons. The molecular weight excluding hydrogens is 311 g/mol. The van der Waals surface area contributed by atoms with Gasteiger partial charge in [-0.15, -0.1) is 0 Å². The summed E-state index contributed by atoms with van der Waals surface area (Å²) in [5.74, 6) is 0.588. The lowest BCUT2D eigenvalue weighted by atomic mass is 9.89. The van der Waals surface area contributed by atoms with Crippen LogP contribution in [0, 0.1) is 5.82 Å². The zero-order valence-electron chi connectivity index (χ0n) is 14.9. The van der Waals surface area contributed by atoms with Crippen LogP contribution in [0.4, 0.5) is 4.39 Å². The van der Waals surface area contributed by atoms with E-state index in [1.165, 1.54) is 30.0 Å². The Labute approximate surface area is 150 Å². The largest absolute Gasteiger partial charge is 0.317 e. The molecule has 0 unspecified atom stereocenters. The predicted molar refractivity (Wildman–Crippen MR) is 103 cm³/mol. The average molecular weight is 340 g/mol. The monoisotopic (exact) mass is 340 g/mol. The van der Waals surface area contributed by atoms with Gasteiger partial charge in [-0.05, 0) is 93.0 Å². The molecule has 0 bridgehead atoms. The maximum Gasteiger partial charge on any atom is 0.123 e. The molecule has 2 aromatic rings. The van der Waals surface area contributed by atoms with E-state index in [1.807, 2.05) is 6.07 Å². The van der Waals surface area contributed by atoms with Gasteiger partial charge in [0.25, 0.3) is 0 Å². The maximum absolute atomic E-state index is 13.1. The Kier molecular flexibility index (Phi) is 7.01. The van der Waals surface area contributed by atoms with Crippen LogP contribution >= 0.6 is 0 Å². The number of nitrogens with one attached hydrogen (secondary N) is 2. The highest BCUT2D eigenvalue weighted by atomic mass is 19.1. The molecule has 1 saturated heterocycles. The number of halogens is 1. The number of hydrogen-bond acceptors (Lipinski definition) is 2. The van der Waals surface area contributed by atoms with Crippen LogP contribution in [0.5, 0.6) is 0 Å². The minimum Gasteiger partial charge on any atom is -0.317 e. The summed E-state index contributed by atoms with van der Waals surface area (Å²) in [6.07, 6.45) is 5.64. The molecule has 25 heavy (non-hydrogen) atoms. The van der Waals surface area contributed by atoms with Gasteiger partial charge >= 0.3 is 0 Å². The lowest BCUT2D eigenvalue weighted by Crippen LogP contribution is -2.26. The molecule has 0 aromatic heterocycles. The molecule has 1 heterocycles. The molecule has 0 atom stereocenters. The van der Waals surface area contributed by atoms with E-state index in [0.29, 0.717) is 0 Å². The molecule has 0 amide bonds. The van der Waals surface area contributed by atoms with Crippen molar-refractivity contribution in [1.29, 1.82) is 0 Å². The third-order valence-corrected chi connectivity index (χ3v) is 5.09. The highest BCUT2D eigenvalue weighted by Gasteiger charge is 2.14. The second kappa shape index (κ2) is 9.69. The second-order valence-corrected chi connectivity index (χ2v) is 7.00. The number of piperidine rings is 1. The molecule has 3 rings (SSSR count). The topological polar surface area (TPSA) is 24.1 Å². The van der Waals surface area contributed by atoms with Gasteiger partial charge in [0.05, 0.1) is 0 Å².